The Labute approximate surface area is 211 Å². The molecule has 5 rings (SSSR count). The average Bonchev–Trinajstić information content (AvgIpc) is 3.56. The molecule has 2 aromatic carbocycles. The summed E-state index contributed by atoms with van der Waals surface area (Å²) >= 11 is 0. The summed E-state index contributed by atoms with van der Waals surface area (Å²) in [5.41, 5.74) is 3.02. The van der Waals surface area contributed by atoms with Crippen LogP contribution >= 0.6 is 0 Å². The number of carbonyl (C=O) groups excluding carboxylic acids is 3. The van der Waals surface area contributed by atoms with Crippen molar-refractivity contribution < 1.29 is 19.1 Å². The monoisotopic (exact) mass is 488 g/mol. The van der Waals surface area contributed by atoms with Crippen molar-refractivity contribution in [3.05, 3.63) is 77.0 Å². The molecule has 2 atom stereocenters. The van der Waals surface area contributed by atoms with E-state index >= 15 is 0 Å². The fourth-order valence-electron chi connectivity index (χ4n) is 5.46. The lowest BCUT2D eigenvalue weighted by atomic mass is 9.95. The van der Waals surface area contributed by atoms with Gasteiger partial charge in [0.1, 0.15) is 11.8 Å². The first-order chi connectivity index (χ1) is 17.5. The van der Waals surface area contributed by atoms with Crippen molar-refractivity contribution in [1.82, 2.24) is 20.0 Å². The largest absolute Gasteiger partial charge is 0.497 e. The van der Waals surface area contributed by atoms with Gasteiger partial charge in [-0.15, -0.1) is 0 Å². The summed E-state index contributed by atoms with van der Waals surface area (Å²) in [5, 5.41) is 3.01. The number of amides is 4. The Morgan fingerprint density at radius 2 is 1.75 bits per heavy atom. The number of hydrogen-bond donors (Lipinski definition) is 1. The fourth-order valence-corrected chi connectivity index (χ4v) is 5.46. The number of methoxy groups -OCH3 is 1. The summed E-state index contributed by atoms with van der Waals surface area (Å²) in [6.45, 7) is 4.00. The quantitative estimate of drug-likeness (QED) is 0.649. The van der Waals surface area contributed by atoms with E-state index in [1.807, 2.05) is 66.4 Å². The molecule has 1 saturated heterocycles. The minimum Gasteiger partial charge on any atom is -0.497 e. The summed E-state index contributed by atoms with van der Waals surface area (Å²) in [4.78, 5) is 46.0. The van der Waals surface area contributed by atoms with Gasteiger partial charge in [-0.05, 0) is 43.0 Å². The summed E-state index contributed by atoms with van der Waals surface area (Å²) in [6.07, 6.45) is 2.39. The predicted molar refractivity (Wildman–Crippen MR) is 135 cm³/mol. The molecule has 4 amide bonds. The van der Waals surface area contributed by atoms with Crippen LogP contribution in [0.15, 0.2) is 65.9 Å². The second-order valence-electron chi connectivity index (χ2n) is 9.43. The van der Waals surface area contributed by atoms with Gasteiger partial charge in [-0.1, -0.05) is 42.5 Å². The molecule has 8 nitrogen and oxygen atoms in total. The van der Waals surface area contributed by atoms with Gasteiger partial charge >= 0.3 is 6.03 Å². The van der Waals surface area contributed by atoms with Crippen molar-refractivity contribution in [3.63, 3.8) is 0 Å². The van der Waals surface area contributed by atoms with E-state index in [1.54, 1.807) is 16.9 Å². The normalized spacial score (nSPS) is 20.5. The molecule has 0 spiro atoms. The summed E-state index contributed by atoms with van der Waals surface area (Å²) in [5.74, 6) is 0.481. The van der Waals surface area contributed by atoms with Crippen LogP contribution in [-0.2, 0) is 16.0 Å². The van der Waals surface area contributed by atoms with Crippen molar-refractivity contribution in [1.29, 1.82) is 0 Å². The molecule has 0 saturated carbocycles. The van der Waals surface area contributed by atoms with Crippen LogP contribution in [0.1, 0.15) is 36.9 Å². The standard InChI is InChI=1S/C28H32N4O4/c1-3-31-23-18-32(22(17-19-9-5-4-6-10-19)26(33)30-15-7-8-16-30)27(34)24(23)25(29-28(31)35)20-11-13-21(36-2)14-12-20/h4-6,9-14,22,25H,3,7-8,15-18H2,1-2H3,(H,29,35)/t22-,25-/m0/s1. The summed E-state index contributed by atoms with van der Waals surface area (Å²) in [6, 6.07) is 15.7. The fraction of sp³-hybridized carbons (Fsp3) is 0.393. The van der Waals surface area contributed by atoms with Crippen LogP contribution in [0.4, 0.5) is 4.79 Å². The van der Waals surface area contributed by atoms with Gasteiger partial charge in [0.2, 0.25) is 5.91 Å². The van der Waals surface area contributed by atoms with E-state index in [0.29, 0.717) is 30.0 Å². The molecule has 3 aliphatic heterocycles. The van der Waals surface area contributed by atoms with Gasteiger partial charge < -0.3 is 19.9 Å². The predicted octanol–water partition coefficient (Wildman–Crippen LogP) is 3.11. The second-order valence-corrected chi connectivity index (χ2v) is 9.43. The van der Waals surface area contributed by atoms with Crippen molar-refractivity contribution in [2.75, 3.05) is 33.3 Å². The van der Waals surface area contributed by atoms with Gasteiger partial charge in [-0.3, -0.25) is 14.5 Å². The van der Waals surface area contributed by atoms with Crippen molar-refractivity contribution in [3.8, 4) is 5.75 Å². The molecule has 188 valence electrons. The Morgan fingerprint density at radius 3 is 2.39 bits per heavy atom. The minimum atomic E-state index is -0.631. The maximum Gasteiger partial charge on any atom is 0.322 e. The van der Waals surface area contributed by atoms with Crippen LogP contribution in [0, 0.1) is 0 Å². The molecule has 0 bridgehead atoms. The van der Waals surface area contributed by atoms with E-state index in [2.05, 4.69) is 5.32 Å². The smallest absolute Gasteiger partial charge is 0.322 e. The average molecular weight is 489 g/mol. The Morgan fingerprint density at radius 1 is 1.06 bits per heavy atom. The molecule has 0 unspecified atom stereocenters. The number of nitrogens with one attached hydrogen (secondary N) is 1. The lowest BCUT2D eigenvalue weighted by molar-refractivity contribution is -0.142. The highest BCUT2D eigenvalue weighted by molar-refractivity contribution is 6.03. The molecular weight excluding hydrogens is 456 g/mol. The van der Waals surface area contributed by atoms with Crippen LogP contribution in [0.5, 0.6) is 5.75 Å². The number of hydrogen-bond acceptors (Lipinski definition) is 4. The molecule has 36 heavy (non-hydrogen) atoms. The van der Waals surface area contributed by atoms with Crippen molar-refractivity contribution in [2.24, 2.45) is 0 Å². The first-order valence-corrected chi connectivity index (χ1v) is 12.6. The summed E-state index contributed by atoms with van der Waals surface area (Å²) in [7, 11) is 1.60. The van der Waals surface area contributed by atoms with Crippen LogP contribution in [-0.4, -0.2) is 71.9 Å². The number of carbonyl (C=O) groups is 3. The number of likely N-dealkylation sites (tertiary alicyclic amines) is 1. The van der Waals surface area contributed by atoms with Gasteiger partial charge in [0, 0.05) is 26.1 Å². The minimum absolute atomic E-state index is 0.0205. The van der Waals surface area contributed by atoms with Gasteiger partial charge in [0.05, 0.1) is 31.0 Å². The first-order valence-electron chi connectivity index (χ1n) is 12.6. The molecule has 0 aromatic heterocycles. The van der Waals surface area contributed by atoms with E-state index in [1.165, 1.54) is 0 Å². The molecule has 3 aliphatic rings. The van der Waals surface area contributed by atoms with Crippen molar-refractivity contribution in [2.45, 2.75) is 38.3 Å². The molecule has 1 N–H and O–H groups in total. The SMILES string of the molecule is CCN1C(=O)N[C@@H](c2ccc(OC)cc2)C2=C1CN([C@@H](Cc1ccccc1)C(=O)N1CCCC1)C2=O. The number of nitrogens with zero attached hydrogens (tertiary/aromatic N) is 3. The third-order valence-corrected chi connectivity index (χ3v) is 7.37. The molecule has 3 heterocycles. The molecular formula is C28H32N4O4. The highest BCUT2D eigenvalue weighted by Gasteiger charge is 2.47. The van der Waals surface area contributed by atoms with Crippen LogP contribution < -0.4 is 10.1 Å². The van der Waals surface area contributed by atoms with Crippen LogP contribution in [0.3, 0.4) is 0 Å². The number of urea groups is 1. The van der Waals surface area contributed by atoms with Gasteiger partial charge in [-0.2, -0.15) is 0 Å². The Hall–Kier alpha value is -3.81. The molecule has 0 aliphatic carbocycles. The maximum absolute atomic E-state index is 14.1. The molecule has 1 fully saturated rings. The highest BCUT2D eigenvalue weighted by atomic mass is 16.5. The molecule has 2 aromatic rings. The highest BCUT2D eigenvalue weighted by Crippen LogP contribution is 2.38. The number of rotatable bonds is 7. The number of ether oxygens (including phenoxy) is 1. The topological polar surface area (TPSA) is 82.2 Å². The zero-order chi connectivity index (χ0) is 25.2. The zero-order valence-electron chi connectivity index (χ0n) is 20.8. The van der Waals surface area contributed by atoms with E-state index < -0.39 is 12.1 Å². The lowest BCUT2D eigenvalue weighted by Crippen LogP contribution is -2.50. The third kappa shape index (κ3) is 4.32. The van der Waals surface area contributed by atoms with Crippen LogP contribution in [0.25, 0.3) is 0 Å². The van der Waals surface area contributed by atoms with Gasteiger partial charge in [-0.25, -0.2) is 4.79 Å². The van der Waals surface area contributed by atoms with Crippen molar-refractivity contribution >= 4 is 17.8 Å². The van der Waals surface area contributed by atoms with E-state index in [4.69, 9.17) is 4.74 Å². The van der Waals surface area contributed by atoms with E-state index in [-0.39, 0.29) is 24.4 Å². The first kappa shape index (κ1) is 23.9. The lowest BCUT2D eigenvalue weighted by Gasteiger charge is -2.33. The molecule has 0 radical (unpaired) electrons. The Balaban J connectivity index is 1.51. The Kier molecular flexibility index (Phi) is 6.67. The van der Waals surface area contributed by atoms with E-state index in [9.17, 15) is 14.4 Å². The van der Waals surface area contributed by atoms with Crippen LogP contribution in [0.2, 0.25) is 0 Å². The molecule has 8 heteroatoms. The third-order valence-electron chi connectivity index (χ3n) is 7.37. The summed E-state index contributed by atoms with van der Waals surface area (Å²) < 4.78 is 5.28. The maximum atomic E-state index is 14.1. The number of benzene rings is 2. The Bertz CT molecular complexity index is 1170. The second kappa shape index (κ2) is 10.0. The van der Waals surface area contributed by atoms with Gasteiger partial charge in [0.25, 0.3) is 5.91 Å². The number of likely N-dealkylation sites (N-methyl/N-ethyl adjacent to an activating group) is 1. The van der Waals surface area contributed by atoms with Gasteiger partial charge in [0.15, 0.2) is 0 Å². The zero-order valence-corrected chi connectivity index (χ0v) is 20.8. The van der Waals surface area contributed by atoms with E-state index in [0.717, 1.165) is 37.1 Å².